The van der Waals surface area contributed by atoms with Gasteiger partial charge in [-0.05, 0) is 31.2 Å². The zero-order valence-corrected chi connectivity index (χ0v) is 17.5. The number of amides is 2. The van der Waals surface area contributed by atoms with Gasteiger partial charge in [0, 0.05) is 0 Å². The molecule has 1 saturated heterocycles. The van der Waals surface area contributed by atoms with Crippen molar-refractivity contribution in [3.05, 3.63) is 44.4 Å². The summed E-state index contributed by atoms with van der Waals surface area (Å²) in [5, 5.41) is -0.466. The van der Waals surface area contributed by atoms with Crippen LogP contribution in [0.25, 0.3) is 0 Å². The second kappa shape index (κ2) is 7.73. The van der Waals surface area contributed by atoms with Crippen molar-refractivity contribution in [2.75, 3.05) is 18.6 Å². The van der Waals surface area contributed by atoms with Gasteiger partial charge in [0.25, 0.3) is 0 Å². The third-order valence-corrected chi connectivity index (χ3v) is 7.32. The third-order valence-electron chi connectivity index (χ3n) is 4.92. The molecule has 4 rings (SSSR count). The predicted molar refractivity (Wildman–Crippen MR) is 108 cm³/mol. The number of esters is 2. The minimum atomic E-state index is -1.04. The van der Waals surface area contributed by atoms with Crippen molar-refractivity contribution in [2.45, 2.75) is 23.1 Å². The van der Waals surface area contributed by atoms with E-state index in [1.165, 1.54) is 31.4 Å². The Bertz CT molecular complexity index is 1100. The van der Waals surface area contributed by atoms with E-state index in [-0.39, 0.29) is 17.2 Å². The average Bonchev–Trinajstić information content (AvgIpc) is 3.22. The molecule has 3 atom stereocenters. The number of thiazole rings is 1. The number of H-pyrrole nitrogens is 1. The van der Waals surface area contributed by atoms with Crippen molar-refractivity contribution in [3.8, 4) is 0 Å². The van der Waals surface area contributed by atoms with Crippen molar-refractivity contribution in [2.24, 2.45) is 5.92 Å². The first-order chi connectivity index (χ1) is 14.4. The topological polar surface area (TPSA) is 123 Å². The molecule has 2 aliphatic rings. The maximum absolute atomic E-state index is 13.2. The van der Waals surface area contributed by atoms with E-state index in [2.05, 4.69) is 4.98 Å². The molecule has 0 saturated carbocycles. The van der Waals surface area contributed by atoms with Crippen LogP contribution in [-0.2, 0) is 23.9 Å². The number of carbonyl (C=O) groups is 4. The van der Waals surface area contributed by atoms with Gasteiger partial charge in [0.05, 0.1) is 40.8 Å². The first-order valence-corrected chi connectivity index (χ1v) is 10.7. The molecule has 3 heterocycles. The standard InChI is InChI=1S/C19H16N2O7S2/c1-3-28-17(24)8-4-6-9(7-5-8)21-15(22)10-11(18(25)27-2)12-14(20-19(26)30-12)29-13(10)16(21)23/h4-7,10-11,13H,3H2,1-2H3,(H,20,26)/t10-,11+,13+/m1/s1. The fourth-order valence-corrected chi connectivity index (χ4v) is 6.09. The van der Waals surface area contributed by atoms with Crippen LogP contribution in [0.4, 0.5) is 5.69 Å². The van der Waals surface area contributed by atoms with Crippen LogP contribution in [0.3, 0.4) is 0 Å². The number of benzene rings is 1. The fraction of sp³-hybridized carbons (Fsp3) is 0.316. The molecular formula is C19H16N2O7S2. The van der Waals surface area contributed by atoms with E-state index in [0.29, 0.717) is 15.5 Å². The van der Waals surface area contributed by atoms with Gasteiger partial charge in [-0.3, -0.25) is 19.2 Å². The van der Waals surface area contributed by atoms with Gasteiger partial charge in [-0.1, -0.05) is 23.1 Å². The normalized spacial score (nSPS) is 22.5. The summed E-state index contributed by atoms with van der Waals surface area (Å²) in [4.78, 5) is 66.1. The van der Waals surface area contributed by atoms with E-state index in [4.69, 9.17) is 9.47 Å². The zero-order valence-electron chi connectivity index (χ0n) is 15.9. The number of anilines is 1. The molecule has 2 amide bonds. The number of ether oxygens (including phenoxy) is 2. The molecule has 0 unspecified atom stereocenters. The lowest BCUT2D eigenvalue weighted by atomic mass is 9.89. The van der Waals surface area contributed by atoms with E-state index in [0.717, 1.165) is 28.0 Å². The Kier molecular flexibility index (Phi) is 5.24. The summed E-state index contributed by atoms with van der Waals surface area (Å²) in [6.45, 7) is 1.92. The average molecular weight is 448 g/mol. The quantitative estimate of drug-likeness (QED) is 0.552. The monoisotopic (exact) mass is 448 g/mol. The molecule has 2 aromatic rings. The van der Waals surface area contributed by atoms with E-state index in [9.17, 15) is 24.0 Å². The van der Waals surface area contributed by atoms with E-state index < -0.39 is 40.8 Å². The first kappa shape index (κ1) is 20.4. The van der Waals surface area contributed by atoms with Gasteiger partial charge < -0.3 is 14.5 Å². The van der Waals surface area contributed by atoms with Crippen molar-refractivity contribution in [1.29, 1.82) is 0 Å². The number of hydrogen-bond acceptors (Lipinski definition) is 9. The molecule has 0 aliphatic carbocycles. The summed E-state index contributed by atoms with van der Waals surface area (Å²) in [5.74, 6) is -4.26. The Morgan fingerprint density at radius 3 is 2.47 bits per heavy atom. The molecule has 30 heavy (non-hydrogen) atoms. The first-order valence-electron chi connectivity index (χ1n) is 8.99. The van der Waals surface area contributed by atoms with Crippen LogP contribution in [-0.4, -0.2) is 47.7 Å². The molecule has 1 N–H and O–H groups in total. The molecule has 1 aromatic carbocycles. The smallest absolute Gasteiger partial charge is 0.338 e. The second-order valence-corrected chi connectivity index (χ2v) is 8.72. The molecule has 0 spiro atoms. The van der Waals surface area contributed by atoms with E-state index in [1.807, 2.05) is 0 Å². The van der Waals surface area contributed by atoms with Gasteiger partial charge in [0.2, 0.25) is 11.8 Å². The zero-order chi connectivity index (χ0) is 21.6. The van der Waals surface area contributed by atoms with Crippen LogP contribution < -0.4 is 9.77 Å². The number of nitrogens with one attached hydrogen (secondary N) is 1. The molecule has 1 aromatic heterocycles. The summed E-state index contributed by atoms with van der Waals surface area (Å²) < 4.78 is 9.80. The summed E-state index contributed by atoms with van der Waals surface area (Å²) in [5.41, 5.74) is 0.576. The number of rotatable bonds is 4. The third kappa shape index (κ3) is 3.14. The minimum Gasteiger partial charge on any atom is -0.469 e. The fourth-order valence-electron chi connectivity index (χ4n) is 3.61. The van der Waals surface area contributed by atoms with Crippen molar-refractivity contribution in [1.82, 2.24) is 4.98 Å². The van der Waals surface area contributed by atoms with Gasteiger partial charge in [0.1, 0.15) is 11.2 Å². The minimum absolute atomic E-state index is 0.228. The number of imide groups is 1. The SMILES string of the molecule is CCOC(=O)c1ccc(N2C(=O)[C@H]3[C@H](Sc4[nH]c(=O)sc4[C@H]3C(=O)OC)C2=O)cc1. The number of hydrogen-bond donors (Lipinski definition) is 1. The molecule has 0 radical (unpaired) electrons. The lowest BCUT2D eigenvalue weighted by Gasteiger charge is -2.27. The Labute approximate surface area is 178 Å². The van der Waals surface area contributed by atoms with Crippen LogP contribution in [0.15, 0.2) is 34.1 Å². The summed E-state index contributed by atoms with van der Waals surface area (Å²) >= 11 is 1.90. The Morgan fingerprint density at radius 1 is 1.13 bits per heavy atom. The molecule has 11 heteroatoms. The largest absolute Gasteiger partial charge is 0.469 e. The van der Waals surface area contributed by atoms with Crippen molar-refractivity contribution >= 4 is 52.5 Å². The van der Waals surface area contributed by atoms with E-state index >= 15 is 0 Å². The van der Waals surface area contributed by atoms with Gasteiger partial charge in [-0.15, -0.1) is 0 Å². The Balaban J connectivity index is 1.70. The number of thioether (sulfide) groups is 1. The van der Waals surface area contributed by atoms with Crippen LogP contribution in [0.2, 0.25) is 0 Å². The molecule has 9 nitrogen and oxygen atoms in total. The highest BCUT2D eigenvalue weighted by molar-refractivity contribution is 8.00. The van der Waals surface area contributed by atoms with Gasteiger partial charge in [0.15, 0.2) is 0 Å². The van der Waals surface area contributed by atoms with Crippen molar-refractivity contribution in [3.63, 3.8) is 0 Å². The number of fused-ring (bicyclic) bond motifs is 2. The number of aromatic nitrogens is 1. The van der Waals surface area contributed by atoms with Gasteiger partial charge in [-0.25, -0.2) is 9.69 Å². The molecular weight excluding hydrogens is 432 g/mol. The summed E-state index contributed by atoms with van der Waals surface area (Å²) in [6, 6.07) is 5.90. The number of nitrogens with zero attached hydrogens (tertiary/aromatic N) is 1. The van der Waals surface area contributed by atoms with Crippen molar-refractivity contribution < 1.29 is 28.7 Å². The lowest BCUT2D eigenvalue weighted by molar-refractivity contribution is -0.145. The highest BCUT2D eigenvalue weighted by Gasteiger charge is 2.58. The Hall–Kier alpha value is -2.92. The maximum Gasteiger partial charge on any atom is 0.338 e. The maximum atomic E-state index is 13.2. The van der Waals surface area contributed by atoms with Crippen LogP contribution in [0.1, 0.15) is 28.1 Å². The summed E-state index contributed by atoms with van der Waals surface area (Å²) in [6.07, 6.45) is 0. The molecule has 0 bridgehead atoms. The number of methoxy groups -OCH3 is 1. The second-order valence-electron chi connectivity index (χ2n) is 6.55. The highest BCUT2D eigenvalue weighted by Crippen LogP contribution is 2.51. The number of aromatic amines is 1. The van der Waals surface area contributed by atoms with Crippen LogP contribution in [0, 0.1) is 5.92 Å². The highest BCUT2D eigenvalue weighted by atomic mass is 32.2. The predicted octanol–water partition coefficient (Wildman–Crippen LogP) is 1.53. The van der Waals surface area contributed by atoms with Gasteiger partial charge >= 0.3 is 16.8 Å². The number of carbonyl (C=O) groups excluding carboxylic acids is 4. The molecule has 1 fully saturated rings. The summed E-state index contributed by atoms with van der Waals surface area (Å²) in [7, 11) is 1.20. The molecule has 156 valence electrons. The van der Waals surface area contributed by atoms with Crippen LogP contribution in [0.5, 0.6) is 0 Å². The Morgan fingerprint density at radius 2 is 1.83 bits per heavy atom. The van der Waals surface area contributed by atoms with Gasteiger partial charge in [-0.2, -0.15) is 0 Å². The lowest BCUT2D eigenvalue weighted by Crippen LogP contribution is -2.35. The molecule has 2 aliphatic heterocycles. The van der Waals surface area contributed by atoms with E-state index in [1.54, 1.807) is 6.92 Å². The van der Waals surface area contributed by atoms with Crippen LogP contribution >= 0.6 is 23.1 Å².